The zero-order chi connectivity index (χ0) is 27.0. The first kappa shape index (κ1) is 27.4. The molecular formula is C26H25Cl3N4O3S2. The Labute approximate surface area is 243 Å². The van der Waals surface area contributed by atoms with Crippen LogP contribution in [0.5, 0.6) is 0 Å². The van der Waals surface area contributed by atoms with Crippen molar-refractivity contribution in [3.05, 3.63) is 55.3 Å². The van der Waals surface area contributed by atoms with Gasteiger partial charge in [0.1, 0.15) is 10.7 Å². The van der Waals surface area contributed by atoms with E-state index < -0.39 is 5.97 Å². The summed E-state index contributed by atoms with van der Waals surface area (Å²) >= 11 is 22.1. The van der Waals surface area contributed by atoms with E-state index in [4.69, 9.17) is 44.5 Å². The van der Waals surface area contributed by atoms with Crippen LogP contribution in [0.4, 0.5) is 10.1 Å². The molecule has 2 saturated heterocycles. The number of hydrogen-bond acceptors (Lipinski definition) is 8. The highest BCUT2D eigenvalue weighted by atomic mass is 35.5. The first-order valence-electron chi connectivity index (χ1n) is 12.1. The lowest BCUT2D eigenvalue weighted by Crippen LogP contribution is -2.29. The average molecular weight is 612 g/mol. The Balaban J connectivity index is 1.39. The summed E-state index contributed by atoms with van der Waals surface area (Å²) in [6, 6.07) is 5.42. The van der Waals surface area contributed by atoms with E-state index in [0.29, 0.717) is 33.3 Å². The van der Waals surface area contributed by atoms with E-state index in [1.807, 2.05) is 11.4 Å². The lowest BCUT2D eigenvalue weighted by molar-refractivity contribution is -0.138. The van der Waals surface area contributed by atoms with E-state index in [1.54, 1.807) is 19.9 Å². The number of benzene rings is 1. The van der Waals surface area contributed by atoms with Crippen LogP contribution in [0.3, 0.4) is 0 Å². The van der Waals surface area contributed by atoms with Crippen molar-refractivity contribution in [1.29, 1.82) is 0 Å². The summed E-state index contributed by atoms with van der Waals surface area (Å²) in [6.45, 7) is 6.52. The van der Waals surface area contributed by atoms with Crippen LogP contribution in [-0.2, 0) is 9.53 Å². The molecule has 2 N–H and O–H groups in total. The Morgan fingerprint density at radius 1 is 1.24 bits per heavy atom. The lowest BCUT2D eigenvalue weighted by atomic mass is 10.1. The van der Waals surface area contributed by atoms with E-state index in [0.717, 1.165) is 41.6 Å². The summed E-state index contributed by atoms with van der Waals surface area (Å²) in [5, 5.41) is 11.0. The van der Waals surface area contributed by atoms with E-state index >= 15 is 0 Å². The summed E-state index contributed by atoms with van der Waals surface area (Å²) in [5.74, 6) is -0.233. The van der Waals surface area contributed by atoms with Crippen molar-refractivity contribution in [3.63, 3.8) is 0 Å². The Morgan fingerprint density at radius 3 is 2.66 bits per heavy atom. The van der Waals surface area contributed by atoms with Gasteiger partial charge in [-0.1, -0.05) is 46.1 Å². The first-order chi connectivity index (χ1) is 18.2. The van der Waals surface area contributed by atoms with E-state index in [9.17, 15) is 9.59 Å². The summed E-state index contributed by atoms with van der Waals surface area (Å²) in [7, 11) is 0. The molecule has 38 heavy (non-hydrogen) atoms. The van der Waals surface area contributed by atoms with Crippen LogP contribution in [0.2, 0.25) is 15.1 Å². The highest BCUT2D eigenvalue weighted by Crippen LogP contribution is 2.44. The van der Waals surface area contributed by atoms with Gasteiger partial charge in [-0.25, -0.2) is 9.78 Å². The van der Waals surface area contributed by atoms with Gasteiger partial charge in [0, 0.05) is 41.2 Å². The third-order valence-electron chi connectivity index (χ3n) is 6.58. The predicted molar refractivity (Wildman–Crippen MR) is 157 cm³/mol. The fourth-order valence-corrected chi connectivity index (χ4v) is 7.45. The maximum absolute atomic E-state index is 13.2. The molecule has 2 aliphatic heterocycles. The Hall–Kier alpha value is -2.14. The minimum atomic E-state index is -0.457. The van der Waals surface area contributed by atoms with Gasteiger partial charge in [-0.05, 0) is 57.0 Å². The molecular weight excluding hydrogens is 587 g/mol. The van der Waals surface area contributed by atoms with Crippen molar-refractivity contribution in [2.24, 2.45) is 5.92 Å². The number of nitrogens with one attached hydrogen (secondary N) is 2. The Morgan fingerprint density at radius 2 is 2.00 bits per heavy atom. The van der Waals surface area contributed by atoms with Crippen molar-refractivity contribution in [2.75, 3.05) is 36.5 Å². The number of rotatable bonds is 7. The van der Waals surface area contributed by atoms with Gasteiger partial charge in [0.15, 0.2) is 5.13 Å². The number of nitrogens with zero attached hydrogens (tertiary/aromatic N) is 2. The van der Waals surface area contributed by atoms with E-state index in [1.165, 1.54) is 34.8 Å². The van der Waals surface area contributed by atoms with Crippen LogP contribution in [0.25, 0.3) is 16.6 Å². The number of anilines is 2. The molecule has 1 amide bonds. The maximum Gasteiger partial charge on any atom is 0.333 e. The van der Waals surface area contributed by atoms with Crippen molar-refractivity contribution < 1.29 is 14.3 Å². The predicted octanol–water partition coefficient (Wildman–Crippen LogP) is 6.85. The molecule has 200 valence electrons. The molecule has 2 fully saturated rings. The third kappa shape index (κ3) is 5.73. The van der Waals surface area contributed by atoms with Crippen molar-refractivity contribution >= 4 is 85.6 Å². The summed E-state index contributed by atoms with van der Waals surface area (Å²) in [6.07, 6.45) is 2.71. The van der Waals surface area contributed by atoms with Crippen LogP contribution in [0.15, 0.2) is 29.2 Å². The van der Waals surface area contributed by atoms with Gasteiger partial charge < -0.3 is 15.0 Å². The van der Waals surface area contributed by atoms with Gasteiger partial charge >= 0.3 is 5.97 Å². The SMILES string of the molecule is CCOC(=O)C(C)=Cc1c(Cl)cc(C(=O)Nc2nc(-c3cc(Cl)cs3)c(N3C[C@H]4CCN[C@H]4C3)s2)cc1Cl. The molecule has 12 heteroatoms. The normalized spacial score (nSPS) is 19.1. The molecule has 3 aromatic rings. The number of thiophene rings is 1. The van der Waals surface area contributed by atoms with Crippen molar-refractivity contribution in [2.45, 2.75) is 26.3 Å². The molecule has 2 atom stereocenters. The molecule has 0 spiro atoms. The summed E-state index contributed by atoms with van der Waals surface area (Å²) in [5.41, 5.74) is 1.89. The number of hydrogen-bond donors (Lipinski definition) is 2. The van der Waals surface area contributed by atoms with Gasteiger partial charge in [0.05, 0.1) is 26.6 Å². The maximum atomic E-state index is 13.2. The second kappa shape index (κ2) is 11.5. The lowest BCUT2D eigenvalue weighted by Gasteiger charge is -2.18. The molecule has 7 nitrogen and oxygen atoms in total. The van der Waals surface area contributed by atoms with Gasteiger partial charge in [-0.15, -0.1) is 11.3 Å². The number of ether oxygens (including phenoxy) is 1. The molecule has 0 saturated carbocycles. The molecule has 1 aromatic carbocycles. The number of amides is 1. The summed E-state index contributed by atoms with van der Waals surface area (Å²) in [4.78, 5) is 33.2. The molecule has 0 unspecified atom stereocenters. The number of carbonyl (C=O) groups is 2. The largest absolute Gasteiger partial charge is 0.463 e. The molecule has 5 rings (SSSR count). The highest BCUT2D eigenvalue weighted by Gasteiger charge is 2.38. The Bertz CT molecular complexity index is 1390. The molecule has 0 radical (unpaired) electrons. The molecule has 0 bridgehead atoms. The quantitative estimate of drug-likeness (QED) is 0.225. The number of fused-ring (bicyclic) bond motifs is 1. The molecule has 4 heterocycles. The zero-order valence-electron chi connectivity index (χ0n) is 20.6. The fourth-order valence-electron chi connectivity index (χ4n) is 4.74. The Kier molecular flexibility index (Phi) is 8.33. The first-order valence-corrected chi connectivity index (χ1v) is 15.0. The average Bonchev–Trinajstić information content (AvgIpc) is 3.65. The van der Waals surface area contributed by atoms with Crippen LogP contribution < -0.4 is 15.5 Å². The monoisotopic (exact) mass is 610 g/mol. The van der Waals surface area contributed by atoms with E-state index in [2.05, 4.69) is 15.5 Å². The van der Waals surface area contributed by atoms with Crippen LogP contribution >= 0.6 is 57.5 Å². The van der Waals surface area contributed by atoms with Crippen LogP contribution in [0.1, 0.15) is 36.2 Å². The van der Waals surface area contributed by atoms with Crippen LogP contribution in [-0.4, -0.2) is 49.1 Å². The van der Waals surface area contributed by atoms with Gasteiger partial charge in [-0.2, -0.15) is 0 Å². The molecule has 0 aliphatic carbocycles. The van der Waals surface area contributed by atoms with Crippen molar-refractivity contribution in [3.8, 4) is 10.6 Å². The second-order valence-electron chi connectivity index (χ2n) is 9.17. The fraction of sp³-hybridized carbons (Fsp3) is 0.346. The minimum Gasteiger partial charge on any atom is -0.463 e. The number of aromatic nitrogens is 1. The third-order valence-corrected chi connectivity index (χ3v) is 9.52. The van der Waals surface area contributed by atoms with Gasteiger partial charge in [0.2, 0.25) is 0 Å². The smallest absolute Gasteiger partial charge is 0.333 e. The number of esters is 1. The molecule has 2 aromatic heterocycles. The molecule has 2 aliphatic rings. The highest BCUT2D eigenvalue weighted by molar-refractivity contribution is 7.21. The van der Waals surface area contributed by atoms with Gasteiger partial charge in [0.25, 0.3) is 5.91 Å². The number of halogens is 3. The second-order valence-corrected chi connectivity index (χ2v) is 12.3. The van der Waals surface area contributed by atoms with Gasteiger partial charge in [-0.3, -0.25) is 10.1 Å². The summed E-state index contributed by atoms with van der Waals surface area (Å²) < 4.78 is 5.01. The standard InChI is InChI=1S/C26H25Cl3N4O3S2/c1-3-36-25(35)13(2)6-17-18(28)7-15(8-19(17)29)23(34)32-26-31-22(21-9-16(27)12-37-21)24(38-26)33-10-14-4-5-30-20(14)11-33/h6-9,12,14,20,30H,3-5,10-11H2,1-2H3,(H,31,32,34)/t14-,20+/m1/s1. The van der Waals surface area contributed by atoms with Crippen molar-refractivity contribution in [1.82, 2.24) is 10.3 Å². The minimum absolute atomic E-state index is 0.246. The zero-order valence-corrected chi connectivity index (χ0v) is 24.5. The van der Waals surface area contributed by atoms with E-state index in [-0.39, 0.29) is 28.1 Å². The van der Waals surface area contributed by atoms with Crippen LogP contribution in [0, 0.1) is 5.92 Å². The number of carbonyl (C=O) groups excluding carboxylic acids is 2. The number of thiazole rings is 1. The topological polar surface area (TPSA) is 83.6 Å².